The summed E-state index contributed by atoms with van der Waals surface area (Å²) >= 11 is 1.43. The highest BCUT2D eigenvalue weighted by Crippen LogP contribution is 2.20. The van der Waals surface area contributed by atoms with E-state index in [0.717, 1.165) is 30.1 Å². The lowest BCUT2D eigenvalue weighted by Crippen LogP contribution is -2.28. The highest BCUT2D eigenvalue weighted by molar-refractivity contribution is 7.12. The van der Waals surface area contributed by atoms with Gasteiger partial charge in [-0.25, -0.2) is 0 Å². The van der Waals surface area contributed by atoms with Gasteiger partial charge >= 0.3 is 5.97 Å². The van der Waals surface area contributed by atoms with Crippen molar-refractivity contribution in [1.29, 1.82) is 0 Å². The van der Waals surface area contributed by atoms with E-state index in [9.17, 15) is 9.59 Å². The molecule has 0 saturated carbocycles. The lowest BCUT2D eigenvalue weighted by atomic mass is 9.98. The molecule has 5 heteroatoms. The molecule has 4 nitrogen and oxygen atoms in total. The summed E-state index contributed by atoms with van der Waals surface area (Å²) in [6.45, 7) is 9.06. The van der Waals surface area contributed by atoms with Crippen molar-refractivity contribution in [3.05, 3.63) is 57.8 Å². The van der Waals surface area contributed by atoms with Crippen LogP contribution in [0.15, 0.2) is 41.8 Å². The minimum absolute atomic E-state index is 0.0102. The van der Waals surface area contributed by atoms with E-state index >= 15 is 0 Å². The summed E-state index contributed by atoms with van der Waals surface area (Å²) in [5.74, 6) is -0.567. The van der Waals surface area contributed by atoms with Gasteiger partial charge in [-0.1, -0.05) is 44.2 Å². The molecule has 134 valence electrons. The van der Waals surface area contributed by atoms with Gasteiger partial charge in [0.25, 0.3) is 0 Å². The van der Waals surface area contributed by atoms with Crippen molar-refractivity contribution >= 4 is 23.1 Å². The lowest BCUT2D eigenvalue weighted by Gasteiger charge is -2.18. The summed E-state index contributed by atoms with van der Waals surface area (Å²) < 4.78 is 5.38. The van der Waals surface area contributed by atoms with Crippen LogP contribution >= 0.6 is 11.3 Å². The molecule has 1 aromatic carbocycles. The summed E-state index contributed by atoms with van der Waals surface area (Å²) in [6.07, 6.45) is 0. The van der Waals surface area contributed by atoms with Crippen molar-refractivity contribution in [2.24, 2.45) is 0 Å². The average Bonchev–Trinajstić information content (AvgIpc) is 3.18. The van der Waals surface area contributed by atoms with Crippen LogP contribution in [0.25, 0.3) is 0 Å². The summed E-state index contributed by atoms with van der Waals surface area (Å²) in [7, 11) is 0. The molecule has 1 atom stereocenters. The molecule has 0 saturated heterocycles. The Morgan fingerprint density at radius 2 is 1.80 bits per heavy atom. The third-order valence-electron chi connectivity index (χ3n) is 4.32. The quantitative estimate of drug-likeness (QED) is 0.502. The van der Waals surface area contributed by atoms with Gasteiger partial charge in [-0.05, 0) is 37.0 Å². The maximum absolute atomic E-state index is 12.3. The Hall–Kier alpha value is -1.98. The van der Waals surface area contributed by atoms with E-state index in [1.54, 1.807) is 12.1 Å². The van der Waals surface area contributed by atoms with Crippen molar-refractivity contribution in [2.45, 2.75) is 26.7 Å². The van der Waals surface area contributed by atoms with Crippen LogP contribution in [0.4, 0.5) is 0 Å². The number of ether oxygens (including phenoxy) is 1. The summed E-state index contributed by atoms with van der Waals surface area (Å²) in [6, 6.07) is 10.9. The van der Waals surface area contributed by atoms with Crippen molar-refractivity contribution in [2.75, 3.05) is 26.2 Å². The molecule has 0 fully saturated rings. The van der Waals surface area contributed by atoms with Gasteiger partial charge in [0.1, 0.15) is 6.61 Å². The number of esters is 1. The molecule has 0 spiro atoms. The van der Waals surface area contributed by atoms with Crippen LogP contribution in [-0.2, 0) is 9.53 Å². The number of rotatable bonds is 9. The van der Waals surface area contributed by atoms with Gasteiger partial charge in [0, 0.05) is 12.1 Å². The summed E-state index contributed by atoms with van der Waals surface area (Å²) in [5, 5.41) is 1.89. The van der Waals surface area contributed by atoms with Gasteiger partial charge in [0.2, 0.25) is 5.78 Å². The first-order valence-corrected chi connectivity index (χ1v) is 9.51. The lowest BCUT2D eigenvalue weighted by molar-refractivity contribution is -0.145. The zero-order valence-electron chi connectivity index (χ0n) is 15.0. The van der Waals surface area contributed by atoms with Gasteiger partial charge in [-0.15, -0.1) is 11.3 Å². The highest BCUT2D eigenvalue weighted by atomic mass is 32.1. The Balaban J connectivity index is 1.92. The highest BCUT2D eigenvalue weighted by Gasteiger charge is 2.18. The second-order valence-corrected chi connectivity index (χ2v) is 6.79. The first-order chi connectivity index (χ1) is 12.1. The maximum Gasteiger partial charge on any atom is 0.313 e. The number of benzene rings is 1. The Morgan fingerprint density at radius 1 is 1.12 bits per heavy atom. The Kier molecular flexibility index (Phi) is 7.34. The average molecular weight is 359 g/mol. The number of likely N-dealkylation sites (N-methyl/N-ethyl adjacent to an activating group) is 1. The van der Waals surface area contributed by atoms with Crippen molar-refractivity contribution < 1.29 is 14.3 Å². The number of nitrogens with zero attached hydrogens (tertiary/aromatic N) is 1. The largest absolute Gasteiger partial charge is 0.464 e. The Bertz CT molecular complexity index is 675. The van der Waals surface area contributed by atoms with Gasteiger partial charge in [0.15, 0.2) is 0 Å². The Labute approximate surface area is 153 Å². The molecule has 0 amide bonds. The van der Waals surface area contributed by atoms with Crippen LogP contribution < -0.4 is 0 Å². The minimum atomic E-state index is -0.345. The van der Waals surface area contributed by atoms with Crippen LogP contribution in [0.1, 0.15) is 47.5 Å². The topological polar surface area (TPSA) is 46.6 Å². The predicted molar refractivity (Wildman–Crippen MR) is 101 cm³/mol. The SMILES string of the molecule is CCN(CC)CCOC(=O)C(C)c1ccc(C(=O)c2cccs2)cc1. The third kappa shape index (κ3) is 5.25. The van der Waals surface area contributed by atoms with E-state index in [-0.39, 0.29) is 17.7 Å². The monoisotopic (exact) mass is 359 g/mol. The molecule has 0 aliphatic heterocycles. The normalized spacial score (nSPS) is 12.2. The molecule has 1 unspecified atom stereocenters. The number of hydrogen-bond acceptors (Lipinski definition) is 5. The van der Waals surface area contributed by atoms with E-state index in [0.29, 0.717) is 12.2 Å². The van der Waals surface area contributed by atoms with Crippen LogP contribution in [0.3, 0.4) is 0 Å². The van der Waals surface area contributed by atoms with E-state index in [1.165, 1.54) is 11.3 Å². The molecular weight excluding hydrogens is 334 g/mol. The Morgan fingerprint density at radius 3 is 2.36 bits per heavy atom. The number of ketones is 1. The first kappa shape index (κ1) is 19.3. The molecule has 1 aromatic heterocycles. The molecular formula is C20H25NO3S. The van der Waals surface area contributed by atoms with E-state index < -0.39 is 0 Å². The molecule has 0 radical (unpaired) electrons. The molecule has 25 heavy (non-hydrogen) atoms. The molecule has 0 N–H and O–H groups in total. The fourth-order valence-electron chi connectivity index (χ4n) is 2.55. The van der Waals surface area contributed by atoms with Gasteiger partial charge in [-0.3, -0.25) is 9.59 Å². The summed E-state index contributed by atoms with van der Waals surface area (Å²) in [5.41, 5.74) is 1.49. The van der Waals surface area contributed by atoms with Crippen molar-refractivity contribution in [3.63, 3.8) is 0 Å². The second-order valence-electron chi connectivity index (χ2n) is 5.84. The minimum Gasteiger partial charge on any atom is -0.464 e. The van der Waals surface area contributed by atoms with Crippen LogP contribution in [0, 0.1) is 0 Å². The van der Waals surface area contributed by atoms with Crippen LogP contribution in [-0.4, -0.2) is 42.9 Å². The maximum atomic E-state index is 12.3. The zero-order chi connectivity index (χ0) is 18.2. The van der Waals surface area contributed by atoms with Gasteiger partial charge in [-0.2, -0.15) is 0 Å². The standard InChI is InChI=1S/C20H25NO3S/c1-4-21(5-2)12-13-24-20(23)15(3)16-8-10-17(11-9-16)19(22)18-7-6-14-25-18/h6-11,14-15H,4-5,12-13H2,1-3H3. The van der Waals surface area contributed by atoms with E-state index in [1.807, 2.05) is 36.6 Å². The molecule has 0 aliphatic carbocycles. The predicted octanol–water partition coefficient (Wildman–Crippen LogP) is 3.97. The zero-order valence-corrected chi connectivity index (χ0v) is 15.8. The van der Waals surface area contributed by atoms with Gasteiger partial charge < -0.3 is 9.64 Å². The fourth-order valence-corrected chi connectivity index (χ4v) is 3.24. The van der Waals surface area contributed by atoms with Crippen LogP contribution in [0.2, 0.25) is 0 Å². The van der Waals surface area contributed by atoms with Crippen molar-refractivity contribution in [3.8, 4) is 0 Å². The number of carbonyl (C=O) groups is 2. The van der Waals surface area contributed by atoms with E-state index in [2.05, 4.69) is 18.7 Å². The van der Waals surface area contributed by atoms with Crippen molar-refractivity contribution in [1.82, 2.24) is 4.90 Å². The second kappa shape index (κ2) is 9.49. The molecule has 2 rings (SSSR count). The number of thiophene rings is 1. The molecule has 1 heterocycles. The molecule has 0 bridgehead atoms. The van der Waals surface area contributed by atoms with E-state index in [4.69, 9.17) is 4.74 Å². The smallest absolute Gasteiger partial charge is 0.313 e. The third-order valence-corrected chi connectivity index (χ3v) is 5.19. The number of hydrogen-bond donors (Lipinski definition) is 0. The number of carbonyl (C=O) groups excluding carboxylic acids is 2. The fraction of sp³-hybridized carbons (Fsp3) is 0.400. The van der Waals surface area contributed by atoms with Gasteiger partial charge in [0.05, 0.1) is 10.8 Å². The summed E-state index contributed by atoms with van der Waals surface area (Å²) in [4.78, 5) is 27.4. The first-order valence-electron chi connectivity index (χ1n) is 8.64. The molecule has 2 aromatic rings. The van der Waals surface area contributed by atoms with Crippen LogP contribution in [0.5, 0.6) is 0 Å². The molecule has 0 aliphatic rings.